The first-order chi connectivity index (χ1) is 28.2. The number of nitrogens with zero attached hydrogens (tertiary/aromatic N) is 3. The van der Waals surface area contributed by atoms with E-state index in [1.807, 2.05) is 47.7 Å². The summed E-state index contributed by atoms with van der Waals surface area (Å²) in [6.07, 6.45) is -0.293. The van der Waals surface area contributed by atoms with E-state index in [1.54, 1.807) is 0 Å². The molecular weight excluding hydrogens is 717 g/mol. The van der Waals surface area contributed by atoms with Gasteiger partial charge in [0.2, 0.25) is 0 Å². The zero-order valence-electron chi connectivity index (χ0n) is 30.6. The quantitative estimate of drug-likeness (QED) is 0.191. The Labute approximate surface area is 331 Å². The smallest absolute Gasteiger partial charge is 0.159 e. The van der Waals surface area contributed by atoms with Crippen molar-refractivity contribution in [1.82, 2.24) is 9.88 Å². The average Bonchev–Trinajstić information content (AvgIpc) is 3.96. The first-order valence-corrected chi connectivity index (χ1v) is 20.0. The third-order valence-corrected chi connectivity index (χ3v) is 12.5. The number of rotatable bonds is 5. The number of benzene rings is 8. The summed E-state index contributed by atoms with van der Waals surface area (Å²) in [5, 5.41) is 10.8. The Balaban J connectivity index is 0.971. The molecule has 0 radical (unpaired) electrons. The van der Waals surface area contributed by atoms with Gasteiger partial charge in [-0.1, -0.05) is 146 Å². The van der Waals surface area contributed by atoms with Gasteiger partial charge in [-0.3, -0.25) is 0 Å². The topological polar surface area (TPSA) is 54.8 Å². The van der Waals surface area contributed by atoms with Crippen LogP contribution in [0.25, 0.3) is 80.7 Å². The molecule has 1 aliphatic rings. The van der Waals surface area contributed by atoms with Gasteiger partial charge in [0.05, 0.1) is 11.0 Å². The third-order valence-electron chi connectivity index (χ3n) is 11.3. The number of aliphatic imine (C=N–C) groups is 2. The number of thiophene rings is 1. The summed E-state index contributed by atoms with van der Waals surface area (Å²) in [6.45, 7) is 0. The molecule has 4 heterocycles. The first kappa shape index (κ1) is 32.0. The molecule has 11 aromatic rings. The van der Waals surface area contributed by atoms with Crippen LogP contribution in [-0.4, -0.2) is 16.2 Å². The van der Waals surface area contributed by atoms with Gasteiger partial charge in [-0.25, -0.2) is 9.98 Å². The molecule has 1 N–H and O–H groups in total. The summed E-state index contributed by atoms with van der Waals surface area (Å²) < 4.78 is 11.6. The van der Waals surface area contributed by atoms with E-state index in [0.29, 0.717) is 0 Å². The normalized spacial score (nSPS) is 14.5. The van der Waals surface area contributed by atoms with Crippen molar-refractivity contribution < 1.29 is 4.42 Å². The number of fused-ring (bicyclic) bond motifs is 9. The highest BCUT2D eigenvalue weighted by Crippen LogP contribution is 2.44. The van der Waals surface area contributed by atoms with Crippen molar-refractivity contribution >= 4 is 86.9 Å². The van der Waals surface area contributed by atoms with Crippen molar-refractivity contribution in [3.05, 3.63) is 199 Å². The Bertz CT molecular complexity index is 3390. The molecule has 0 saturated carbocycles. The lowest BCUT2D eigenvalue weighted by atomic mass is 10.00. The van der Waals surface area contributed by atoms with Crippen molar-refractivity contribution in [2.45, 2.75) is 6.17 Å². The second kappa shape index (κ2) is 12.6. The van der Waals surface area contributed by atoms with E-state index in [2.05, 4.69) is 155 Å². The summed E-state index contributed by atoms with van der Waals surface area (Å²) in [5.74, 6) is 1.53. The monoisotopic (exact) mass is 748 g/mol. The molecule has 0 spiro atoms. The van der Waals surface area contributed by atoms with Crippen LogP contribution in [0, 0.1) is 0 Å². The van der Waals surface area contributed by atoms with Crippen LogP contribution in [0.5, 0.6) is 0 Å². The van der Waals surface area contributed by atoms with E-state index in [1.165, 1.54) is 47.5 Å². The molecular formula is C51H32N4OS. The molecule has 0 fully saturated rings. The van der Waals surface area contributed by atoms with Crippen LogP contribution in [0.2, 0.25) is 0 Å². The van der Waals surface area contributed by atoms with Crippen LogP contribution in [0.3, 0.4) is 0 Å². The maximum Gasteiger partial charge on any atom is 0.159 e. The largest absolute Gasteiger partial charge is 0.455 e. The Hall–Kier alpha value is -7.28. The summed E-state index contributed by atoms with van der Waals surface area (Å²) in [4.78, 5) is 10.1. The van der Waals surface area contributed by atoms with Gasteiger partial charge in [0.1, 0.15) is 23.2 Å². The van der Waals surface area contributed by atoms with E-state index in [4.69, 9.17) is 14.4 Å². The lowest BCUT2D eigenvalue weighted by molar-refractivity contribution is 0.670. The second-order valence-electron chi connectivity index (χ2n) is 14.6. The predicted molar refractivity (Wildman–Crippen MR) is 238 cm³/mol. The summed E-state index contributed by atoms with van der Waals surface area (Å²) in [6, 6.07) is 64.3. The fourth-order valence-corrected chi connectivity index (χ4v) is 9.89. The minimum absolute atomic E-state index is 0.293. The van der Waals surface area contributed by atoms with Crippen LogP contribution in [0.15, 0.2) is 196 Å². The number of furan rings is 1. The molecule has 8 aromatic carbocycles. The van der Waals surface area contributed by atoms with E-state index in [0.717, 1.165) is 61.6 Å². The van der Waals surface area contributed by atoms with Gasteiger partial charge in [-0.05, 0) is 42.0 Å². The molecule has 0 aliphatic carbocycles. The zero-order valence-corrected chi connectivity index (χ0v) is 31.4. The maximum atomic E-state index is 6.76. The number of hydrogen-bond acceptors (Lipinski definition) is 5. The van der Waals surface area contributed by atoms with Gasteiger partial charge in [0.15, 0.2) is 5.84 Å². The number of aromatic nitrogens is 1. The number of amidine groups is 2. The van der Waals surface area contributed by atoms with Gasteiger partial charge in [0, 0.05) is 69.7 Å². The van der Waals surface area contributed by atoms with Crippen LogP contribution < -0.4 is 5.32 Å². The summed E-state index contributed by atoms with van der Waals surface area (Å²) in [5.41, 5.74) is 10.7. The van der Waals surface area contributed by atoms with E-state index in [9.17, 15) is 0 Å². The molecule has 57 heavy (non-hydrogen) atoms. The Morgan fingerprint density at radius 2 is 1.19 bits per heavy atom. The van der Waals surface area contributed by atoms with Gasteiger partial charge in [-0.15, -0.1) is 11.3 Å². The Kier molecular flexibility index (Phi) is 7.09. The Morgan fingerprint density at radius 1 is 0.526 bits per heavy atom. The van der Waals surface area contributed by atoms with Crippen LogP contribution in [0.1, 0.15) is 22.9 Å². The molecule has 1 unspecified atom stereocenters. The molecule has 268 valence electrons. The van der Waals surface area contributed by atoms with E-state index in [-0.39, 0.29) is 6.17 Å². The standard InChI is InChI=1S/C51H32N4OS/c1-3-13-31(14-4-1)49-52-50(32-15-5-2-6-16-32)54-51(53-49)33-25-27-37-40-21-12-22-41(48(40)57-46(37)29-33)38-19-11-20-39-42-30-34(26-28-45(42)56-47(38)39)55-43-23-9-7-17-35(43)36-18-8-10-24-44(36)55/h1-30,51H,(H,52,53,54). The van der Waals surface area contributed by atoms with Crippen LogP contribution >= 0.6 is 11.3 Å². The maximum absolute atomic E-state index is 6.76. The molecule has 12 rings (SSSR count). The van der Waals surface area contributed by atoms with Crippen molar-refractivity contribution in [3.8, 4) is 16.8 Å². The van der Waals surface area contributed by atoms with Gasteiger partial charge in [0.25, 0.3) is 0 Å². The first-order valence-electron chi connectivity index (χ1n) is 19.2. The molecule has 3 aromatic heterocycles. The molecule has 5 nitrogen and oxygen atoms in total. The Morgan fingerprint density at radius 3 is 1.96 bits per heavy atom. The highest BCUT2D eigenvalue weighted by atomic mass is 32.1. The van der Waals surface area contributed by atoms with Crippen molar-refractivity contribution in [2.24, 2.45) is 9.98 Å². The number of nitrogens with one attached hydrogen (secondary N) is 1. The lowest BCUT2D eigenvalue weighted by Gasteiger charge is -2.23. The third kappa shape index (κ3) is 5.08. The highest BCUT2D eigenvalue weighted by molar-refractivity contribution is 7.26. The van der Waals surface area contributed by atoms with E-state index < -0.39 is 0 Å². The van der Waals surface area contributed by atoms with Crippen molar-refractivity contribution in [3.63, 3.8) is 0 Å². The van der Waals surface area contributed by atoms with Gasteiger partial charge < -0.3 is 14.3 Å². The molecule has 0 amide bonds. The van der Waals surface area contributed by atoms with Crippen molar-refractivity contribution in [2.75, 3.05) is 0 Å². The molecule has 0 saturated heterocycles. The number of hydrogen-bond donors (Lipinski definition) is 1. The zero-order chi connectivity index (χ0) is 37.5. The van der Waals surface area contributed by atoms with Gasteiger partial charge >= 0.3 is 0 Å². The fraction of sp³-hybridized carbons (Fsp3) is 0.0196. The lowest BCUT2D eigenvalue weighted by Crippen LogP contribution is -2.33. The summed E-state index contributed by atoms with van der Waals surface area (Å²) in [7, 11) is 0. The molecule has 1 aliphatic heterocycles. The second-order valence-corrected chi connectivity index (χ2v) is 15.6. The average molecular weight is 749 g/mol. The van der Waals surface area contributed by atoms with Crippen LogP contribution in [-0.2, 0) is 0 Å². The van der Waals surface area contributed by atoms with Crippen LogP contribution in [0.4, 0.5) is 0 Å². The van der Waals surface area contributed by atoms with Gasteiger partial charge in [-0.2, -0.15) is 0 Å². The predicted octanol–water partition coefficient (Wildman–Crippen LogP) is 13.2. The minimum Gasteiger partial charge on any atom is -0.455 e. The molecule has 1 atom stereocenters. The van der Waals surface area contributed by atoms with Crippen molar-refractivity contribution in [1.29, 1.82) is 0 Å². The SMILES string of the molecule is c1ccc(C2=NC(c3ccc4c(c3)sc3c(-c5cccc6c5oc5ccc(-n7c8ccccc8c8ccccc87)cc56)cccc34)NC(c3ccccc3)=N2)cc1. The summed E-state index contributed by atoms with van der Waals surface area (Å²) >= 11 is 1.82. The minimum atomic E-state index is -0.293. The fourth-order valence-electron chi connectivity index (χ4n) is 8.61. The molecule has 6 heteroatoms. The van der Waals surface area contributed by atoms with E-state index >= 15 is 0 Å². The molecule has 0 bridgehead atoms. The highest BCUT2D eigenvalue weighted by Gasteiger charge is 2.23. The number of para-hydroxylation sites is 3.